The largest absolute Gasteiger partial charge is 0.312 e. The van der Waals surface area contributed by atoms with E-state index in [1.54, 1.807) is 10.6 Å². The van der Waals surface area contributed by atoms with Crippen molar-refractivity contribution in [1.29, 1.82) is 0 Å². The molecule has 1 aliphatic heterocycles. The van der Waals surface area contributed by atoms with Crippen molar-refractivity contribution in [1.82, 2.24) is 9.55 Å². The van der Waals surface area contributed by atoms with E-state index in [9.17, 15) is 9.59 Å². The lowest BCUT2D eigenvalue weighted by Crippen LogP contribution is -2.30. The van der Waals surface area contributed by atoms with Crippen molar-refractivity contribution in [2.24, 2.45) is 0 Å². The highest BCUT2D eigenvalue weighted by Crippen LogP contribution is 2.28. The minimum atomic E-state index is -0.108. The van der Waals surface area contributed by atoms with Crippen LogP contribution >= 0.6 is 0 Å². The number of para-hydroxylation sites is 2. The standard InChI is InChI=1S/C26H23N3O2/c1-18-10-12-20(13-11-18)29-24(27-22-8-4-3-7-21(22)26(29)31)14-15-25(30)28-17-16-19-6-2-5-9-23(19)28/h2-13H,14-17H2,1H3. The van der Waals surface area contributed by atoms with Crippen LogP contribution in [0.1, 0.15) is 23.4 Å². The number of anilines is 1. The number of benzene rings is 3. The number of hydrogen-bond acceptors (Lipinski definition) is 3. The highest BCUT2D eigenvalue weighted by Gasteiger charge is 2.24. The Kier molecular flexibility index (Phi) is 4.86. The molecule has 5 nitrogen and oxygen atoms in total. The normalized spacial score (nSPS) is 12.9. The Morgan fingerprint density at radius 3 is 2.55 bits per heavy atom. The second-order valence-electron chi connectivity index (χ2n) is 7.95. The summed E-state index contributed by atoms with van der Waals surface area (Å²) in [6.45, 7) is 2.72. The van der Waals surface area contributed by atoms with E-state index in [0.29, 0.717) is 36.1 Å². The number of aromatic nitrogens is 2. The Labute approximate surface area is 180 Å². The monoisotopic (exact) mass is 409 g/mol. The van der Waals surface area contributed by atoms with E-state index in [1.807, 2.05) is 72.5 Å². The third kappa shape index (κ3) is 3.52. The van der Waals surface area contributed by atoms with E-state index < -0.39 is 0 Å². The predicted octanol–water partition coefficient (Wildman–Crippen LogP) is 4.22. The number of aryl methyl sites for hydroxylation is 2. The molecule has 1 aliphatic rings. The Morgan fingerprint density at radius 2 is 1.71 bits per heavy atom. The summed E-state index contributed by atoms with van der Waals surface area (Å²) < 4.78 is 1.65. The average molecular weight is 409 g/mol. The maximum Gasteiger partial charge on any atom is 0.265 e. The molecular weight excluding hydrogens is 386 g/mol. The summed E-state index contributed by atoms with van der Waals surface area (Å²) in [5, 5.41) is 0.576. The lowest BCUT2D eigenvalue weighted by molar-refractivity contribution is -0.118. The van der Waals surface area contributed by atoms with E-state index in [1.165, 1.54) is 5.56 Å². The molecule has 154 valence electrons. The van der Waals surface area contributed by atoms with Gasteiger partial charge in [0.2, 0.25) is 5.91 Å². The van der Waals surface area contributed by atoms with Gasteiger partial charge in [-0.1, -0.05) is 48.0 Å². The first-order valence-corrected chi connectivity index (χ1v) is 10.6. The van der Waals surface area contributed by atoms with Gasteiger partial charge in [-0.3, -0.25) is 14.2 Å². The quantitative estimate of drug-likeness (QED) is 0.507. The summed E-state index contributed by atoms with van der Waals surface area (Å²) in [5.41, 5.74) is 4.64. The number of carbonyl (C=O) groups excluding carboxylic acids is 1. The first kappa shape index (κ1) is 19.2. The summed E-state index contributed by atoms with van der Waals surface area (Å²) in [6.07, 6.45) is 1.57. The van der Waals surface area contributed by atoms with Gasteiger partial charge < -0.3 is 4.90 Å². The Balaban J connectivity index is 1.50. The number of rotatable bonds is 4. The Bertz CT molecular complexity index is 1340. The molecule has 0 atom stereocenters. The van der Waals surface area contributed by atoms with Crippen LogP contribution in [0.2, 0.25) is 0 Å². The van der Waals surface area contributed by atoms with Crippen molar-refractivity contribution in [2.75, 3.05) is 11.4 Å². The van der Waals surface area contributed by atoms with Gasteiger partial charge in [0, 0.05) is 25.1 Å². The Hall–Kier alpha value is -3.73. The lowest BCUT2D eigenvalue weighted by atomic mass is 10.1. The van der Waals surface area contributed by atoms with Gasteiger partial charge in [-0.15, -0.1) is 0 Å². The van der Waals surface area contributed by atoms with Gasteiger partial charge in [-0.05, 0) is 49.2 Å². The molecule has 5 rings (SSSR count). The summed E-state index contributed by atoms with van der Waals surface area (Å²) in [6, 6.07) is 23.2. The number of fused-ring (bicyclic) bond motifs is 2. The van der Waals surface area contributed by atoms with Crippen LogP contribution in [0.25, 0.3) is 16.6 Å². The molecule has 0 fully saturated rings. The molecule has 3 aromatic carbocycles. The van der Waals surface area contributed by atoms with Gasteiger partial charge >= 0.3 is 0 Å². The predicted molar refractivity (Wildman–Crippen MR) is 123 cm³/mol. The number of amides is 1. The number of carbonyl (C=O) groups is 1. The molecule has 0 N–H and O–H groups in total. The maximum absolute atomic E-state index is 13.3. The van der Waals surface area contributed by atoms with Crippen LogP contribution in [0.3, 0.4) is 0 Å². The van der Waals surface area contributed by atoms with E-state index in [2.05, 4.69) is 6.07 Å². The van der Waals surface area contributed by atoms with E-state index in [0.717, 1.165) is 23.4 Å². The van der Waals surface area contributed by atoms with E-state index >= 15 is 0 Å². The molecule has 0 saturated heterocycles. The van der Waals surface area contributed by atoms with E-state index in [4.69, 9.17) is 4.98 Å². The summed E-state index contributed by atoms with van der Waals surface area (Å²) in [4.78, 5) is 33.0. The fraction of sp³-hybridized carbons (Fsp3) is 0.192. The molecule has 1 amide bonds. The molecule has 5 heteroatoms. The van der Waals surface area contributed by atoms with Crippen LogP contribution in [0, 0.1) is 6.92 Å². The first-order valence-electron chi connectivity index (χ1n) is 10.6. The van der Waals surface area contributed by atoms with Crippen LogP contribution in [-0.2, 0) is 17.6 Å². The zero-order chi connectivity index (χ0) is 21.4. The smallest absolute Gasteiger partial charge is 0.265 e. The van der Waals surface area contributed by atoms with Crippen molar-refractivity contribution in [3.63, 3.8) is 0 Å². The second kappa shape index (κ2) is 7.84. The number of nitrogens with zero attached hydrogens (tertiary/aromatic N) is 3. The maximum atomic E-state index is 13.3. The highest BCUT2D eigenvalue weighted by atomic mass is 16.2. The molecule has 0 bridgehead atoms. The van der Waals surface area contributed by atoms with Gasteiger partial charge in [0.25, 0.3) is 5.56 Å². The second-order valence-corrected chi connectivity index (χ2v) is 7.95. The van der Waals surface area contributed by atoms with Crippen molar-refractivity contribution >= 4 is 22.5 Å². The molecule has 31 heavy (non-hydrogen) atoms. The zero-order valence-corrected chi connectivity index (χ0v) is 17.4. The van der Waals surface area contributed by atoms with Gasteiger partial charge in [-0.25, -0.2) is 4.98 Å². The first-order chi connectivity index (χ1) is 15.1. The Morgan fingerprint density at radius 1 is 0.968 bits per heavy atom. The van der Waals surface area contributed by atoms with Crippen LogP contribution in [-0.4, -0.2) is 22.0 Å². The zero-order valence-electron chi connectivity index (χ0n) is 17.4. The van der Waals surface area contributed by atoms with Crippen LogP contribution in [0.4, 0.5) is 5.69 Å². The van der Waals surface area contributed by atoms with Gasteiger partial charge in [0.15, 0.2) is 0 Å². The molecular formula is C26H23N3O2. The lowest BCUT2D eigenvalue weighted by Gasteiger charge is -2.18. The summed E-state index contributed by atoms with van der Waals surface area (Å²) >= 11 is 0. The van der Waals surface area contributed by atoms with Gasteiger partial charge in [0.1, 0.15) is 5.82 Å². The molecule has 0 radical (unpaired) electrons. The van der Waals surface area contributed by atoms with Gasteiger partial charge in [-0.2, -0.15) is 0 Å². The van der Waals surface area contributed by atoms with Gasteiger partial charge in [0.05, 0.1) is 16.6 Å². The third-order valence-corrected chi connectivity index (χ3v) is 5.89. The van der Waals surface area contributed by atoms with Crippen molar-refractivity contribution in [2.45, 2.75) is 26.2 Å². The molecule has 0 aliphatic carbocycles. The average Bonchev–Trinajstić information content (AvgIpc) is 3.23. The third-order valence-electron chi connectivity index (χ3n) is 5.89. The molecule has 1 aromatic heterocycles. The SMILES string of the molecule is Cc1ccc(-n2c(CCC(=O)N3CCc4ccccc43)nc3ccccc3c2=O)cc1. The van der Waals surface area contributed by atoms with Crippen molar-refractivity contribution in [3.05, 3.63) is 100 Å². The molecule has 4 aromatic rings. The highest BCUT2D eigenvalue weighted by molar-refractivity contribution is 5.95. The van der Waals surface area contributed by atoms with Crippen molar-refractivity contribution < 1.29 is 4.79 Å². The fourth-order valence-electron chi connectivity index (χ4n) is 4.26. The minimum Gasteiger partial charge on any atom is -0.312 e. The summed E-state index contributed by atoms with van der Waals surface area (Å²) in [7, 11) is 0. The van der Waals surface area contributed by atoms with Crippen molar-refractivity contribution in [3.8, 4) is 5.69 Å². The summed E-state index contributed by atoms with van der Waals surface area (Å²) in [5.74, 6) is 0.663. The molecule has 0 unspecified atom stereocenters. The fourth-order valence-corrected chi connectivity index (χ4v) is 4.26. The molecule has 0 saturated carbocycles. The topological polar surface area (TPSA) is 55.2 Å². The van der Waals surface area contributed by atoms with Crippen LogP contribution < -0.4 is 10.5 Å². The minimum absolute atomic E-state index is 0.0582. The molecule has 0 spiro atoms. The molecule has 2 heterocycles. The van der Waals surface area contributed by atoms with Crippen LogP contribution in [0.15, 0.2) is 77.6 Å². The van der Waals surface area contributed by atoms with E-state index in [-0.39, 0.29) is 11.5 Å². The van der Waals surface area contributed by atoms with Crippen LogP contribution in [0.5, 0.6) is 0 Å². The number of hydrogen-bond donors (Lipinski definition) is 0.